The molecule has 0 aromatic heterocycles. The fraction of sp³-hybridized carbons (Fsp3) is 0.571. The molecule has 1 aromatic rings. The average molecular weight is 251 g/mol. The Kier molecular flexibility index (Phi) is 3.88. The van der Waals surface area contributed by atoms with E-state index < -0.39 is 0 Å². The number of hydrogen-bond donors (Lipinski definition) is 1. The van der Waals surface area contributed by atoms with Crippen molar-refractivity contribution < 1.29 is 4.39 Å². The highest BCUT2D eigenvalue weighted by molar-refractivity contribution is 5.46. The van der Waals surface area contributed by atoms with E-state index in [0.717, 1.165) is 25.2 Å². The Labute approximate surface area is 108 Å². The molecule has 1 heterocycles. The number of nitrogens with two attached hydrogens (primary N) is 1. The number of hydrogen-bond acceptors (Lipinski definition) is 3. The molecule has 1 fully saturated rings. The number of rotatable bonds is 3. The molecule has 2 rings (SSSR count). The first kappa shape index (κ1) is 13.3. The minimum absolute atomic E-state index is 0.212. The van der Waals surface area contributed by atoms with Gasteiger partial charge in [0.1, 0.15) is 5.82 Å². The average Bonchev–Trinajstić information content (AvgIpc) is 2.65. The summed E-state index contributed by atoms with van der Waals surface area (Å²) in [6.07, 6.45) is 0. The molecular formula is C14H22FN3. The van der Waals surface area contributed by atoms with Crippen molar-refractivity contribution in [2.24, 2.45) is 5.92 Å². The molecule has 3 nitrogen and oxygen atoms in total. The van der Waals surface area contributed by atoms with E-state index in [-0.39, 0.29) is 5.82 Å². The van der Waals surface area contributed by atoms with E-state index in [4.69, 9.17) is 5.73 Å². The minimum Gasteiger partial charge on any atom is -0.398 e. The predicted molar refractivity (Wildman–Crippen MR) is 72.7 cm³/mol. The molecule has 1 aromatic carbocycles. The number of nitrogens with zero attached hydrogens (tertiary/aromatic N) is 2. The van der Waals surface area contributed by atoms with E-state index in [1.54, 1.807) is 12.1 Å². The van der Waals surface area contributed by atoms with Crippen LogP contribution in [0, 0.1) is 11.7 Å². The van der Waals surface area contributed by atoms with E-state index in [0.29, 0.717) is 17.6 Å². The third-order valence-corrected chi connectivity index (χ3v) is 3.81. The molecule has 1 saturated heterocycles. The zero-order valence-electron chi connectivity index (χ0n) is 11.4. The first-order valence-corrected chi connectivity index (χ1v) is 6.40. The summed E-state index contributed by atoms with van der Waals surface area (Å²) in [4.78, 5) is 4.61. The Hall–Kier alpha value is -1.13. The molecule has 0 aliphatic carbocycles. The van der Waals surface area contributed by atoms with Crippen molar-refractivity contribution >= 4 is 5.69 Å². The third-order valence-electron chi connectivity index (χ3n) is 3.81. The van der Waals surface area contributed by atoms with Gasteiger partial charge >= 0.3 is 0 Å². The monoisotopic (exact) mass is 251 g/mol. The summed E-state index contributed by atoms with van der Waals surface area (Å²) in [5.74, 6) is 0.422. The van der Waals surface area contributed by atoms with Crippen LogP contribution in [0.3, 0.4) is 0 Å². The van der Waals surface area contributed by atoms with Crippen LogP contribution in [0.4, 0.5) is 10.1 Å². The van der Waals surface area contributed by atoms with Crippen molar-refractivity contribution in [3.63, 3.8) is 0 Å². The SMILES string of the molecule is CC1CN(Cc2cc(F)ccc2N)CC1N(C)C. The predicted octanol–water partition coefficient (Wildman–Crippen LogP) is 1.79. The van der Waals surface area contributed by atoms with Gasteiger partial charge in [-0.25, -0.2) is 4.39 Å². The molecule has 0 amide bonds. The number of nitrogen functional groups attached to an aromatic ring is 1. The van der Waals surface area contributed by atoms with Crippen LogP contribution >= 0.6 is 0 Å². The van der Waals surface area contributed by atoms with Crippen molar-refractivity contribution in [3.05, 3.63) is 29.6 Å². The summed E-state index contributed by atoms with van der Waals surface area (Å²) >= 11 is 0. The molecule has 4 heteroatoms. The van der Waals surface area contributed by atoms with Crippen molar-refractivity contribution in [1.29, 1.82) is 0 Å². The molecule has 0 radical (unpaired) electrons. The fourth-order valence-corrected chi connectivity index (χ4v) is 2.80. The molecule has 0 bridgehead atoms. The highest BCUT2D eigenvalue weighted by Crippen LogP contribution is 2.23. The summed E-state index contributed by atoms with van der Waals surface area (Å²) in [6.45, 7) is 5.06. The largest absolute Gasteiger partial charge is 0.398 e. The van der Waals surface area contributed by atoms with Crippen molar-refractivity contribution in [2.75, 3.05) is 32.9 Å². The second kappa shape index (κ2) is 5.24. The van der Waals surface area contributed by atoms with Gasteiger partial charge in [-0.1, -0.05) is 6.92 Å². The minimum atomic E-state index is -0.212. The van der Waals surface area contributed by atoms with E-state index in [1.165, 1.54) is 6.07 Å². The second-order valence-corrected chi connectivity index (χ2v) is 5.55. The van der Waals surface area contributed by atoms with Gasteiger partial charge in [-0.2, -0.15) is 0 Å². The molecule has 2 unspecified atom stereocenters. The van der Waals surface area contributed by atoms with E-state index in [1.807, 2.05) is 0 Å². The van der Waals surface area contributed by atoms with Gasteiger partial charge in [0.2, 0.25) is 0 Å². The first-order chi connectivity index (χ1) is 8.47. The topological polar surface area (TPSA) is 32.5 Å². The number of likely N-dealkylation sites (N-methyl/N-ethyl adjacent to an activating group) is 1. The normalized spacial score (nSPS) is 24.9. The molecule has 100 valence electrons. The van der Waals surface area contributed by atoms with Gasteiger partial charge in [0.15, 0.2) is 0 Å². The highest BCUT2D eigenvalue weighted by atomic mass is 19.1. The van der Waals surface area contributed by atoms with Crippen molar-refractivity contribution in [2.45, 2.75) is 19.5 Å². The summed E-state index contributed by atoms with van der Waals surface area (Å²) in [6, 6.07) is 5.17. The molecular weight excluding hydrogens is 229 g/mol. The second-order valence-electron chi connectivity index (χ2n) is 5.55. The lowest BCUT2D eigenvalue weighted by molar-refractivity contribution is 0.250. The Morgan fingerprint density at radius 3 is 2.72 bits per heavy atom. The standard InChI is InChI=1S/C14H22FN3/c1-10-7-18(9-14(10)17(2)3)8-11-6-12(15)4-5-13(11)16/h4-6,10,14H,7-9,16H2,1-3H3. The summed E-state index contributed by atoms with van der Waals surface area (Å²) in [5, 5.41) is 0. The first-order valence-electron chi connectivity index (χ1n) is 6.40. The quantitative estimate of drug-likeness (QED) is 0.831. The van der Waals surface area contributed by atoms with Gasteiger partial charge in [-0.3, -0.25) is 4.90 Å². The van der Waals surface area contributed by atoms with Gasteiger partial charge < -0.3 is 10.6 Å². The lowest BCUT2D eigenvalue weighted by atomic mass is 10.1. The van der Waals surface area contributed by atoms with Gasteiger partial charge in [-0.05, 0) is 43.8 Å². The zero-order chi connectivity index (χ0) is 13.3. The maximum atomic E-state index is 13.2. The lowest BCUT2D eigenvalue weighted by Gasteiger charge is -2.22. The fourth-order valence-electron chi connectivity index (χ4n) is 2.80. The van der Waals surface area contributed by atoms with Gasteiger partial charge in [-0.15, -0.1) is 0 Å². The molecule has 18 heavy (non-hydrogen) atoms. The molecule has 2 N–H and O–H groups in total. The van der Waals surface area contributed by atoms with Gasteiger partial charge in [0.25, 0.3) is 0 Å². The number of likely N-dealkylation sites (tertiary alicyclic amines) is 1. The molecule has 2 atom stereocenters. The van der Waals surface area contributed by atoms with Crippen LogP contribution in [0.25, 0.3) is 0 Å². The van der Waals surface area contributed by atoms with Crippen LogP contribution in [0.1, 0.15) is 12.5 Å². The molecule has 0 saturated carbocycles. The number of halogens is 1. The summed E-state index contributed by atoms with van der Waals surface area (Å²) < 4.78 is 13.2. The zero-order valence-corrected chi connectivity index (χ0v) is 11.4. The van der Waals surface area contributed by atoms with Crippen LogP contribution < -0.4 is 5.73 Å². The highest BCUT2D eigenvalue weighted by Gasteiger charge is 2.30. The van der Waals surface area contributed by atoms with Crippen molar-refractivity contribution in [3.8, 4) is 0 Å². The number of anilines is 1. The van der Waals surface area contributed by atoms with Crippen LogP contribution in [0.5, 0.6) is 0 Å². The Morgan fingerprint density at radius 2 is 2.11 bits per heavy atom. The van der Waals surface area contributed by atoms with Crippen molar-refractivity contribution in [1.82, 2.24) is 9.80 Å². The molecule has 1 aliphatic rings. The van der Waals surface area contributed by atoms with Crippen LogP contribution in [0.15, 0.2) is 18.2 Å². The van der Waals surface area contributed by atoms with Gasteiger partial charge in [0.05, 0.1) is 0 Å². The molecule has 0 spiro atoms. The van der Waals surface area contributed by atoms with Crippen LogP contribution in [0.2, 0.25) is 0 Å². The van der Waals surface area contributed by atoms with Crippen LogP contribution in [-0.2, 0) is 6.54 Å². The molecule has 1 aliphatic heterocycles. The smallest absolute Gasteiger partial charge is 0.123 e. The van der Waals surface area contributed by atoms with E-state index in [9.17, 15) is 4.39 Å². The van der Waals surface area contributed by atoms with Crippen LogP contribution in [-0.4, -0.2) is 43.0 Å². The Balaban J connectivity index is 2.05. The van der Waals surface area contributed by atoms with E-state index >= 15 is 0 Å². The maximum absolute atomic E-state index is 13.2. The number of benzene rings is 1. The third kappa shape index (κ3) is 2.82. The van der Waals surface area contributed by atoms with E-state index in [2.05, 4.69) is 30.8 Å². The lowest BCUT2D eigenvalue weighted by Crippen LogP contribution is -2.34. The summed E-state index contributed by atoms with van der Waals surface area (Å²) in [5.41, 5.74) is 7.46. The Bertz CT molecular complexity index is 420. The maximum Gasteiger partial charge on any atom is 0.123 e. The van der Waals surface area contributed by atoms with Gasteiger partial charge in [0, 0.05) is 31.4 Å². The Morgan fingerprint density at radius 1 is 1.39 bits per heavy atom. The summed E-state index contributed by atoms with van der Waals surface area (Å²) in [7, 11) is 4.22.